The van der Waals surface area contributed by atoms with E-state index in [4.69, 9.17) is 14.9 Å². The van der Waals surface area contributed by atoms with Crippen molar-refractivity contribution >= 4 is 38.7 Å². The molecule has 3 aromatic rings. The van der Waals surface area contributed by atoms with Gasteiger partial charge in [-0.25, -0.2) is 22.4 Å². The minimum atomic E-state index is -3.66. The average Bonchev–Trinajstić information content (AvgIpc) is 3.04. The number of primary amides is 1. The summed E-state index contributed by atoms with van der Waals surface area (Å²) in [6, 6.07) is 7.90. The number of esters is 1. The summed E-state index contributed by atoms with van der Waals surface area (Å²) in [7, 11) is -2.32. The van der Waals surface area contributed by atoms with Crippen molar-refractivity contribution in [2.24, 2.45) is 5.73 Å². The molecule has 0 fully saturated rings. The Morgan fingerprint density at radius 1 is 1.16 bits per heavy atom. The van der Waals surface area contributed by atoms with Crippen LogP contribution in [-0.2, 0) is 14.8 Å². The third kappa shape index (κ3) is 4.67. The van der Waals surface area contributed by atoms with E-state index in [9.17, 15) is 22.4 Å². The van der Waals surface area contributed by atoms with Crippen LogP contribution in [0.15, 0.2) is 40.8 Å². The molecular weight excluding hydrogens is 443 g/mol. The molecule has 0 spiro atoms. The number of hydrogen-bond donors (Lipinski definition) is 1. The molecule has 0 aliphatic heterocycles. The maximum absolute atomic E-state index is 13.4. The SMILES string of the molecule is CC(C)Oc1cc2c(C(=O)OC(N)=O)c(-c3ccc(F)cc3)oc2cc1N(C)S(C)(=O)=O. The van der Waals surface area contributed by atoms with Crippen LogP contribution in [0.2, 0.25) is 0 Å². The first-order chi connectivity index (χ1) is 14.9. The highest BCUT2D eigenvalue weighted by Gasteiger charge is 2.28. The van der Waals surface area contributed by atoms with Crippen molar-refractivity contribution in [3.05, 3.63) is 47.8 Å². The first-order valence-electron chi connectivity index (χ1n) is 9.37. The number of fused-ring (bicyclic) bond motifs is 1. The molecule has 2 aromatic carbocycles. The summed E-state index contributed by atoms with van der Waals surface area (Å²) in [5, 5.41) is 0.192. The van der Waals surface area contributed by atoms with Gasteiger partial charge in [-0.2, -0.15) is 0 Å². The molecule has 1 amide bonds. The van der Waals surface area contributed by atoms with Crippen LogP contribution in [0.1, 0.15) is 24.2 Å². The Morgan fingerprint density at radius 3 is 2.31 bits per heavy atom. The molecule has 2 N–H and O–H groups in total. The predicted molar refractivity (Wildman–Crippen MR) is 116 cm³/mol. The lowest BCUT2D eigenvalue weighted by Crippen LogP contribution is -2.25. The normalized spacial score (nSPS) is 11.6. The molecule has 11 heteroatoms. The van der Waals surface area contributed by atoms with Gasteiger partial charge >= 0.3 is 12.1 Å². The van der Waals surface area contributed by atoms with Crippen molar-refractivity contribution in [2.45, 2.75) is 20.0 Å². The minimum absolute atomic E-state index is 0.0131. The number of carbonyl (C=O) groups is 2. The highest BCUT2D eigenvalue weighted by atomic mass is 32.2. The molecule has 0 radical (unpaired) electrons. The van der Waals surface area contributed by atoms with Gasteiger partial charge in [0.25, 0.3) is 0 Å². The van der Waals surface area contributed by atoms with Gasteiger partial charge in [0.15, 0.2) is 0 Å². The first kappa shape index (κ1) is 23.1. The first-order valence-corrected chi connectivity index (χ1v) is 11.2. The third-order valence-corrected chi connectivity index (χ3v) is 5.66. The Kier molecular flexibility index (Phi) is 6.13. The van der Waals surface area contributed by atoms with E-state index in [1.54, 1.807) is 13.8 Å². The quantitative estimate of drug-likeness (QED) is 0.435. The standard InChI is InChI=1S/C21H21FN2O7S/c1-11(2)29-17-9-14-16(10-15(17)24(3)32(4,27)28)30-19(12-5-7-13(22)8-6-12)18(14)20(25)31-21(23)26/h5-11H,1-4H3,(H2,23,26). The van der Waals surface area contributed by atoms with Crippen LogP contribution in [0.3, 0.4) is 0 Å². The van der Waals surface area contributed by atoms with Gasteiger partial charge in [0.05, 0.1) is 18.0 Å². The maximum Gasteiger partial charge on any atom is 0.412 e. The fourth-order valence-corrected chi connectivity index (χ4v) is 3.53. The Bertz CT molecular complexity index is 1300. The molecule has 0 saturated carbocycles. The second-order valence-electron chi connectivity index (χ2n) is 7.23. The topological polar surface area (TPSA) is 129 Å². The molecule has 32 heavy (non-hydrogen) atoms. The highest BCUT2D eigenvalue weighted by molar-refractivity contribution is 7.92. The van der Waals surface area contributed by atoms with E-state index in [0.29, 0.717) is 5.56 Å². The van der Waals surface area contributed by atoms with Gasteiger partial charge in [0.2, 0.25) is 10.0 Å². The van der Waals surface area contributed by atoms with Crippen molar-refractivity contribution in [1.82, 2.24) is 0 Å². The van der Waals surface area contributed by atoms with E-state index < -0.39 is 27.9 Å². The molecule has 0 bridgehead atoms. The molecule has 170 valence electrons. The molecule has 1 aromatic heterocycles. The van der Waals surface area contributed by atoms with Crippen LogP contribution < -0.4 is 14.8 Å². The van der Waals surface area contributed by atoms with E-state index in [1.807, 2.05) is 0 Å². The maximum atomic E-state index is 13.4. The largest absolute Gasteiger partial charge is 0.489 e. The molecule has 0 unspecified atom stereocenters. The number of nitrogens with zero attached hydrogens (tertiary/aromatic N) is 1. The van der Waals surface area contributed by atoms with Crippen molar-refractivity contribution in [2.75, 3.05) is 17.6 Å². The third-order valence-electron chi connectivity index (χ3n) is 4.47. The lowest BCUT2D eigenvalue weighted by molar-refractivity contribution is 0.0640. The summed E-state index contributed by atoms with van der Waals surface area (Å²) < 4.78 is 54.9. The van der Waals surface area contributed by atoms with E-state index in [2.05, 4.69) is 4.74 Å². The van der Waals surface area contributed by atoms with Crippen LogP contribution in [0.25, 0.3) is 22.3 Å². The van der Waals surface area contributed by atoms with Crippen molar-refractivity contribution in [1.29, 1.82) is 0 Å². The Labute approximate surface area is 183 Å². The van der Waals surface area contributed by atoms with Gasteiger partial charge in [0, 0.05) is 24.1 Å². The van der Waals surface area contributed by atoms with Gasteiger partial charge in [-0.3, -0.25) is 4.31 Å². The van der Waals surface area contributed by atoms with Crippen molar-refractivity contribution < 1.29 is 36.3 Å². The second-order valence-corrected chi connectivity index (χ2v) is 9.25. The van der Waals surface area contributed by atoms with Gasteiger partial charge in [-0.15, -0.1) is 0 Å². The van der Waals surface area contributed by atoms with Gasteiger partial charge < -0.3 is 19.6 Å². The predicted octanol–water partition coefficient (Wildman–Crippen LogP) is 3.66. The molecule has 0 atom stereocenters. The summed E-state index contributed by atoms with van der Waals surface area (Å²) in [5.41, 5.74) is 5.46. The summed E-state index contributed by atoms with van der Waals surface area (Å²) >= 11 is 0. The van der Waals surface area contributed by atoms with E-state index in [0.717, 1.165) is 10.6 Å². The van der Waals surface area contributed by atoms with E-state index in [-0.39, 0.29) is 39.8 Å². The van der Waals surface area contributed by atoms with E-state index >= 15 is 0 Å². The fourth-order valence-electron chi connectivity index (χ4n) is 3.03. The molecular formula is C21H21FN2O7S. The van der Waals surface area contributed by atoms with Crippen LogP contribution in [0.5, 0.6) is 5.75 Å². The molecule has 1 heterocycles. The average molecular weight is 464 g/mol. The number of amides is 1. The highest BCUT2D eigenvalue weighted by Crippen LogP contribution is 2.41. The smallest absolute Gasteiger partial charge is 0.412 e. The zero-order valence-electron chi connectivity index (χ0n) is 17.7. The lowest BCUT2D eigenvalue weighted by atomic mass is 10.0. The van der Waals surface area contributed by atoms with Crippen LogP contribution in [0, 0.1) is 5.82 Å². The van der Waals surface area contributed by atoms with Crippen molar-refractivity contribution in [3.8, 4) is 17.1 Å². The van der Waals surface area contributed by atoms with E-state index in [1.165, 1.54) is 43.4 Å². The monoisotopic (exact) mass is 464 g/mol. The van der Waals surface area contributed by atoms with Crippen LogP contribution in [0.4, 0.5) is 14.9 Å². The molecule has 0 aliphatic carbocycles. The van der Waals surface area contributed by atoms with Crippen molar-refractivity contribution in [3.63, 3.8) is 0 Å². The fraction of sp³-hybridized carbons (Fsp3) is 0.238. The summed E-state index contributed by atoms with van der Waals surface area (Å²) in [4.78, 5) is 23.9. The summed E-state index contributed by atoms with van der Waals surface area (Å²) in [6.45, 7) is 3.49. The summed E-state index contributed by atoms with van der Waals surface area (Å²) in [5.74, 6) is -1.45. The second kappa shape index (κ2) is 8.50. The van der Waals surface area contributed by atoms with Gasteiger partial charge in [-0.1, -0.05) is 0 Å². The number of hydrogen-bond acceptors (Lipinski definition) is 7. The molecule has 3 rings (SSSR count). The number of carbonyl (C=O) groups excluding carboxylic acids is 2. The number of rotatable bonds is 6. The van der Waals surface area contributed by atoms with Gasteiger partial charge in [-0.05, 0) is 44.2 Å². The number of sulfonamides is 1. The number of anilines is 1. The Balaban J connectivity index is 2.35. The Morgan fingerprint density at radius 2 is 1.78 bits per heavy atom. The number of halogens is 1. The number of furan rings is 1. The van der Waals surface area contributed by atoms with Gasteiger partial charge in [0.1, 0.15) is 28.5 Å². The molecule has 0 saturated heterocycles. The number of nitrogens with two attached hydrogens (primary N) is 1. The Hall–Kier alpha value is -3.60. The molecule has 9 nitrogen and oxygen atoms in total. The number of ether oxygens (including phenoxy) is 2. The zero-order chi connectivity index (χ0) is 23.8. The lowest BCUT2D eigenvalue weighted by Gasteiger charge is -2.21. The zero-order valence-corrected chi connectivity index (χ0v) is 18.5. The van der Waals surface area contributed by atoms with Crippen LogP contribution >= 0.6 is 0 Å². The minimum Gasteiger partial charge on any atom is -0.489 e. The molecule has 0 aliphatic rings. The summed E-state index contributed by atoms with van der Waals surface area (Å²) in [6.07, 6.45) is -0.622. The van der Waals surface area contributed by atoms with Crippen LogP contribution in [-0.4, -0.2) is 39.9 Å². The number of benzene rings is 2.